The van der Waals surface area contributed by atoms with E-state index in [0.717, 1.165) is 22.2 Å². The van der Waals surface area contributed by atoms with Crippen LogP contribution in [0, 0.1) is 0 Å². The molecule has 0 unspecified atom stereocenters. The Bertz CT molecular complexity index is 1200. The third kappa shape index (κ3) is 3.82. The van der Waals surface area contributed by atoms with Crippen LogP contribution in [0.2, 0.25) is 0 Å². The summed E-state index contributed by atoms with van der Waals surface area (Å²) < 4.78 is 12.5. The van der Waals surface area contributed by atoms with E-state index in [1.54, 1.807) is 12.1 Å². The molecule has 0 amide bonds. The van der Waals surface area contributed by atoms with Gasteiger partial charge in [0.2, 0.25) is 5.78 Å². The zero-order valence-electron chi connectivity index (χ0n) is 16.6. The fourth-order valence-corrected chi connectivity index (χ4v) is 3.60. The number of hydrogen-bond donors (Lipinski definition) is 0. The van der Waals surface area contributed by atoms with Crippen molar-refractivity contribution in [3.05, 3.63) is 90.4 Å². The number of rotatable bonds is 7. The Morgan fingerprint density at radius 1 is 1.00 bits per heavy atom. The van der Waals surface area contributed by atoms with Gasteiger partial charge in [0.1, 0.15) is 5.76 Å². The molecular formula is C25H21NO4. The number of esters is 1. The van der Waals surface area contributed by atoms with Gasteiger partial charge in [-0.1, -0.05) is 48.5 Å². The minimum atomic E-state index is -0.597. The van der Waals surface area contributed by atoms with Crippen molar-refractivity contribution < 1.29 is 18.7 Å². The summed E-state index contributed by atoms with van der Waals surface area (Å²) in [5, 5.41) is 0.852. The van der Waals surface area contributed by atoms with E-state index in [9.17, 15) is 9.59 Å². The van der Waals surface area contributed by atoms with E-state index in [1.165, 1.54) is 18.4 Å². The van der Waals surface area contributed by atoms with Crippen LogP contribution in [0.5, 0.6) is 0 Å². The summed E-state index contributed by atoms with van der Waals surface area (Å²) in [4.78, 5) is 25.2. The van der Waals surface area contributed by atoms with Gasteiger partial charge in [0.25, 0.3) is 0 Å². The fourth-order valence-electron chi connectivity index (χ4n) is 3.60. The van der Waals surface area contributed by atoms with Crippen molar-refractivity contribution in [2.45, 2.75) is 13.5 Å². The van der Waals surface area contributed by atoms with E-state index >= 15 is 0 Å². The normalized spacial score (nSPS) is 11.2. The molecule has 0 aliphatic rings. The van der Waals surface area contributed by atoms with Crippen molar-refractivity contribution in [3.63, 3.8) is 0 Å². The molecule has 0 bridgehead atoms. The Balaban J connectivity index is 1.66. The molecule has 5 heteroatoms. The van der Waals surface area contributed by atoms with Crippen molar-refractivity contribution >= 4 is 28.7 Å². The van der Waals surface area contributed by atoms with E-state index in [0.29, 0.717) is 17.9 Å². The standard InChI is InChI=1S/C25H21NO4/c1-2-26-21-13-7-6-12-20(21)24(25(26)18-9-4-3-5-10-18)22(27)17-30-23(28)15-14-19-11-8-16-29-19/h3-16H,2,17H2,1H3/b15-14+. The summed E-state index contributed by atoms with van der Waals surface area (Å²) in [7, 11) is 0. The van der Waals surface area contributed by atoms with Crippen LogP contribution in [-0.2, 0) is 16.1 Å². The summed E-state index contributed by atoms with van der Waals surface area (Å²) >= 11 is 0. The third-order valence-corrected chi connectivity index (χ3v) is 4.89. The lowest BCUT2D eigenvalue weighted by molar-refractivity contribution is -0.136. The molecule has 5 nitrogen and oxygen atoms in total. The summed E-state index contributed by atoms with van der Waals surface area (Å²) in [5.74, 6) is -0.298. The molecule has 4 rings (SSSR count). The molecular weight excluding hydrogens is 378 g/mol. The second-order valence-corrected chi connectivity index (χ2v) is 6.73. The number of nitrogens with zero attached hydrogens (tertiary/aromatic N) is 1. The number of carbonyl (C=O) groups is 2. The third-order valence-electron chi connectivity index (χ3n) is 4.89. The van der Waals surface area contributed by atoms with Crippen molar-refractivity contribution in [2.24, 2.45) is 0 Å². The van der Waals surface area contributed by atoms with E-state index in [1.807, 2.05) is 61.5 Å². The van der Waals surface area contributed by atoms with E-state index in [2.05, 4.69) is 4.57 Å². The first kappa shape index (κ1) is 19.5. The quantitative estimate of drug-likeness (QED) is 0.238. The van der Waals surface area contributed by atoms with Crippen LogP contribution in [0.15, 0.2) is 83.5 Å². The largest absolute Gasteiger partial charge is 0.465 e. The van der Waals surface area contributed by atoms with E-state index in [-0.39, 0.29) is 12.4 Å². The van der Waals surface area contributed by atoms with Crippen molar-refractivity contribution in [3.8, 4) is 11.3 Å². The number of ketones is 1. The molecule has 0 saturated heterocycles. The average Bonchev–Trinajstić information content (AvgIpc) is 3.42. The average molecular weight is 399 g/mol. The van der Waals surface area contributed by atoms with E-state index in [4.69, 9.17) is 9.15 Å². The summed E-state index contributed by atoms with van der Waals surface area (Å²) in [6.45, 7) is 2.43. The lowest BCUT2D eigenvalue weighted by Crippen LogP contribution is -2.13. The second-order valence-electron chi connectivity index (χ2n) is 6.73. The van der Waals surface area contributed by atoms with E-state index < -0.39 is 5.97 Å². The van der Waals surface area contributed by atoms with Gasteiger partial charge in [0.05, 0.1) is 17.5 Å². The van der Waals surface area contributed by atoms with Gasteiger partial charge < -0.3 is 13.7 Å². The van der Waals surface area contributed by atoms with Gasteiger partial charge in [-0.2, -0.15) is 0 Å². The molecule has 0 N–H and O–H groups in total. The number of furan rings is 1. The molecule has 0 saturated carbocycles. The number of hydrogen-bond acceptors (Lipinski definition) is 4. The molecule has 0 spiro atoms. The van der Waals surface area contributed by atoms with Crippen LogP contribution in [0.25, 0.3) is 28.2 Å². The Morgan fingerprint density at radius 2 is 1.77 bits per heavy atom. The monoisotopic (exact) mass is 399 g/mol. The van der Waals surface area contributed by atoms with Gasteiger partial charge in [-0.15, -0.1) is 0 Å². The molecule has 0 fully saturated rings. The number of carbonyl (C=O) groups excluding carboxylic acids is 2. The van der Waals surface area contributed by atoms with Crippen molar-refractivity contribution in [1.82, 2.24) is 4.57 Å². The number of ether oxygens (including phenoxy) is 1. The second kappa shape index (κ2) is 8.66. The first-order chi connectivity index (χ1) is 14.7. The topological polar surface area (TPSA) is 61.4 Å². The van der Waals surface area contributed by atoms with Crippen LogP contribution in [-0.4, -0.2) is 22.9 Å². The Kier molecular flexibility index (Phi) is 5.61. The van der Waals surface area contributed by atoms with Gasteiger partial charge in [0.15, 0.2) is 6.61 Å². The van der Waals surface area contributed by atoms with Gasteiger partial charge >= 0.3 is 5.97 Å². The maximum atomic E-state index is 13.2. The predicted molar refractivity (Wildman–Crippen MR) is 116 cm³/mol. The van der Waals surface area contributed by atoms with Gasteiger partial charge in [-0.25, -0.2) is 4.79 Å². The SMILES string of the molecule is CCn1c(-c2ccccc2)c(C(=O)COC(=O)/C=C/c2ccco2)c2ccccc21. The minimum absolute atomic E-state index is 0.239. The molecule has 150 valence electrons. The Hall–Kier alpha value is -3.86. The number of Topliss-reactive ketones (excluding diaryl/α,β-unsaturated/α-hetero) is 1. The maximum absolute atomic E-state index is 13.2. The molecule has 4 aromatic rings. The molecule has 30 heavy (non-hydrogen) atoms. The molecule has 0 aliphatic heterocycles. The molecule has 0 atom stereocenters. The molecule has 2 aromatic heterocycles. The number of aryl methyl sites for hydroxylation is 1. The van der Waals surface area contributed by atoms with Crippen LogP contribution in [0.3, 0.4) is 0 Å². The number of aromatic nitrogens is 1. The summed E-state index contributed by atoms with van der Waals surface area (Å²) in [6.07, 6.45) is 4.27. The highest BCUT2D eigenvalue weighted by atomic mass is 16.5. The van der Waals surface area contributed by atoms with Crippen LogP contribution < -0.4 is 0 Å². The zero-order chi connectivity index (χ0) is 20.9. The smallest absolute Gasteiger partial charge is 0.331 e. The molecule has 0 radical (unpaired) electrons. The van der Waals surface area contributed by atoms with Crippen LogP contribution >= 0.6 is 0 Å². The van der Waals surface area contributed by atoms with Gasteiger partial charge in [0, 0.05) is 23.5 Å². The number of benzene rings is 2. The maximum Gasteiger partial charge on any atom is 0.331 e. The summed E-state index contributed by atoms with van der Waals surface area (Å²) in [5.41, 5.74) is 3.34. The highest BCUT2D eigenvalue weighted by Gasteiger charge is 2.23. The number of fused-ring (bicyclic) bond motifs is 1. The first-order valence-corrected chi connectivity index (χ1v) is 9.77. The summed E-state index contributed by atoms with van der Waals surface area (Å²) in [6, 6.07) is 21.0. The van der Waals surface area contributed by atoms with Crippen molar-refractivity contribution in [1.29, 1.82) is 0 Å². The Labute approximate surface area is 174 Å². The highest BCUT2D eigenvalue weighted by molar-refractivity contribution is 6.14. The lowest BCUT2D eigenvalue weighted by atomic mass is 10.0. The van der Waals surface area contributed by atoms with Gasteiger partial charge in [-0.05, 0) is 36.8 Å². The van der Waals surface area contributed by atoms with Crippen molar-refractivity contribution in [2.75, 3.05) is 6.61 Å². The first-order valence-electron chi connectivity index (χ1n) is 9.77. The van der Waals surface area contributed by atoms with Crippen LogP contribution in [0.4, 0.5) is 0 Å². The number of para-hydroxylation sites is 1. The predicted octanol–water partition coefficient (Wildman–Crippen LogP) is 5.36. The van der Waals surface area contributed by atoms with Gasteiger partial charge in [-0.3, -0.25) is 4.79 Å². The lowest BCUT2D eigenvalue weighted by Gasteiger charge is -2.10. The Morgan fingerprint density at radius 3 is 2.50 bits per heavy atom. The zero-order valence-corrected chi connectivity index (χ0v) is 16.6. The molecule has 2 aromatic carbocycles. The fraction of sp³-hybridized carbons (Fsp3) is 0.120. The highest BCUT2D eigenvalue weighted by Crippen LogP contribution is 2.34. The molecule has 2 heterocycles. The molecule has 0 aliphatic carbocycles. The van der Waals surface area contributed by atoms with Crippen LogP contribution in [0.1, 0.15) is 23.0 Å². The minimum Gasteiger partial charge on any atom is -0.465 e.